The number of nitrogens with one attached hydrogen (secondary N) is 1. The van der Waals surface area contributed by atoms with E-state index in [9.17, 15) is 4.79 Å². The number of rotatable bonds is 5. The van der Waals surface area contributed by atoms with Crippen LogP contribution >= 0.6 is 11.6 Å². The molecule has 0 spiro atoms. The molecule has 6 heteroatoms. The summed E-state index contributed by atoms with van der Waals surface area (Å²) in [5.74, 6) is -0.0324. The lowest BCUT2D eigenvalue weighted by Gasteiger charge is -2.28. The van der Waals surface area contributed by atoms with Crippen LogP contribution in [0, 0.1) is 0 Å². The van der Waals surface area contributed by atoms with E-state index in [1.807, 2.05) is 42.5 Å². The minimum atomic E-state index is -0.0324. The summed E-state index contributed by atoms with van der Waals surface area (Å²) in [6.45, 7) is 0. The van der Waals surface area contributed by atoms with Crippen molar-refractivity contribution in [1.29, 1.82) is 0 Å². The molecule has 0 radical (unpaired) electrons. The smallest absolute Gasteiger partial charge is 0.316 e. The van der Waals surface area contributed by atoms with E-state index in [2.05, 4.69) is 27.4 Å². The predicted octanol–water partition coefficient (Wildman–Crippen LogP) is 4.92. The van der Waals surface area contributed by atoms with Gasteiger partial charge < -0.3 is 10.1 Å². The lowest BCUT2D eigenvalue weighted by Crippen LogP contribution is -2.39. The largest absolute Gasteiger partial charge is 0.460 e. The highest BCUT2D eigenvalue weighted by Gasteiger charge is 2.24. The Kier molecular flexibility index (Phi) is 6.06. The number of carbonyl (C=O) groups excluding carboxylic acids is 1. The molecule has 2 aromatic carbocycles. The number of carbonyl (C=O) groups is 1. The number of ether oxygens (including phenoxy) is 1. The third kappa shape index (κ3) is 5.12. The van der Waals surface area contributed by atoms with Gasteiger partial charge in [0.05, 0.1) is 17.4 Å². The SMILES string of the molecule is O=C(NC1CCC(Oc2ncc(Cl)cn2)CC1)c1ccc(-c2ccccc2)cc1. The zero-order valence-corrected chi connectivity index (χ0v) is 16.7. The summed E-state index contributed by atoms with van der Waals surface area (Å²) in [6, 6.07) is 18.4. The van der Waals surface area contributed by atoms with Crippen molar-refractivity contribution in [3.8, 4) is 17.1 Å². The highest BCUT2D eigenvalue weighted by molar-refractivity contribution is 6.30. The fraction of sp³-hybridized carbons (Fsp3) is 0.261. The second kappa shape index (κ2) is 9.05. The Hall–Kier alpha value is -2.92. The summed E-state index contributed by atoms with van der Waals surface area (Å²) in [7, 11) is 0. The monoisotopic (exact) mass is 407 g/mol. The second-order valence-corrected chi connectivity index (χ2v) is 7.63. The Bertz CT molecular complexity index is 938. The van der Waals surface area contributed by atoms with Gasteiger partial charge in [-0.3, -0.25) is 4.79 Å². The van der Waals surface area contributed by atoms with E-state index in [1.165, 1.54) is 12.4 Å². The van der Waals surface area contributed by atoms with E-state index in [0.29, 0.717) is 16.6 Å². The van der Waals surface area contributed by atoms with Crippen LogP contribution in [0.25, 0.3) is 11.1 Å². The second-order valence-electron chi connectivity index (χ2n) is 7.19. The summed E-state index contributed by atoms with van der Waals surface area (Å²) in [5.41, 5.74) is 2.92. The molecule has 0 unspecified atom stereocenters. The van der Waals surface area contributed by atoms with E-state index in [1.54, 1.807) is 0 Å². The normalized spacial score (nSPS) is 18.8. The molecule has 3 aromatic rings. The third-order valence-electron chi connectivity index (χ3n) is 5.13. The van der Waals surface area contributed by atoms with Crippen LogP contribution in [0.5, 0.6) is 6.01 Å². The Balaban J connectivity index is 1.28. The van der Waals surface area contributed by atoms with Gasteiger partial charge in [-0.2, -0.15) is 0 Å². The quantitative estimate of drug-likeness (QED) is 0.652. The lowest BCUT2D eigenvalue weighted by molar-refractivity contribution is 0.0885. The van der Waals surface area contributed by atoms with Gasteiger partial charge in [0.25, 0.3) is 5.91 Å². The van der Waals surface area contributed by atoms with Crippen molar-refractivity contribution >= 4 is 17.5 Å². The first-order valence-corrected chi connectivity index (χ1v) is 10.2. The molecule has 0 saturated heterocycles. The van der Waals surface area contributed by atoms with Crippen LogP contribution in [0.1, 0.15) is 36.0 Å². The molecule has 0 atom stereocenters. The van der Waals surface area contributed by atoms with Crippen molar-refractivity contribution < 1.29 is 9.53 Å². The number of amides is 1. The highest BCUT2D eigenvalue weighted by atomic mass is 35.5. The van der Waals surface area contributed by atoms with Crippen LogP contribution in [-0.4, -0.2) is 28.0 Å². The van der Waals surface area contributed by atoms with Gasteiger partial charge in [0.2, 0.25) is 0 Å². The summed E-state index contributed by atoms with van der Waals surface area (Å²) in [6.07, 6.45) is 6.55. The molecule has 0 aliphatic heterocycles. The van der Waals surface area contributed by atoms with Gasteiger partial charge in [0.1, 0.15) is 6.10 Å². The molecule has 1 fully saturated rings. The summed E-state index contributed by atoms with van der Waals surface area (Å²) < 4.78 is 5.81. The number of nitrogens with zero attached hydrogens (tertiary/aromatic N) is 2. The number of hydrogen-bond acceptors (Lipinski definition) is 4. The summed E-state index contributed by atoms with van der Waals surface area (Å²) in [4.78, 5) is 20.7. The maximum atomic E-state index is 12.6. The molecule has 1 saturated carbocycles. The Morgan fingerprint density at radius 3 is 2.17 bits per heavy atom. The van der Waals surface area contributed by atoms with Gasteiger partial charge in [-0.1, -0.05) is 54.1 Å². The Morgan fingerprint density at radius 1 is 0.897 bits per heavy atom. The molecular weight excluding hydrogens is 386 g/mol. The van der Waals surface area contributed by atoms with Gasteiger partial charge >= 0.3 is 6.01 Å². The summed E-state index contributed by atoms with van der Waals surface area (Å²) in [5, 5.41) is 3.63. The Labute approximate surface area is 175 Å². The Morgan fingerprint density at radius 2 is 1.52 bits per heavy atom. The maximum Gasteiger partial charge on any atom is 0.316 e. The summed E-state index contributed by atoms with van der Waals surface area (Å²) >= 11 is 5.79. The third-order valence-corrected chi connectivity index (χ3v) is 5.33. The molecule has 1 aromatic heterocycles. The van der Waals surface area contributed by atoms with Gasteiger partial charge in [0.15, 0.2) is 0 Å². The molecule has 29 heavy (non-hydrogen) atoms. The van der Waals surface area contributed by atoms with Crippen LogP contribution in [0.3, 0.4) is 0 Å². The fourth-order valence-corrected chi connectivity index (χ4v) is 3.65. The first-order chi connectivity index (χ1) is 14.2. The zero-order valence-electron chi connectivity index (χ0n) is 15.9. The number of halogens is 1. The van der Waals surface area contributed by atoms with Gasteiger partial charge in [-0.25, -0.2) is 9.97 Å². The fourth-order valence-electron chi connectivity index (χ4n) is 3.55. The number of hydrogen-bond donors (Lipinski definition) is 1. The van der Waals surface area contributed by atoms with Crippen molar-refractivity contribution in [2.24, 2.45) is 0 Å². The molecule has 1 heterocycles. The molecular formula is C23H22ClN3O2. The number of aromatic nitrogens is 2. The first kappa shape index (κ1) is 19.4. The predicted molar refractivity (Wildman–Crippen MR) is 113 cm³/mol. The van der Waals surface area contributed by atoms with Crippen LogP contribution in [0.4, 0.5) is 0 Å². The molecule has 1 aliphatic rings. The molecule has 1 aliphatic carbocycles. The minimum absolute atomic E-state index is 0.0324. The minimum Gasteiger partial charge on any atom is -0.460 e. The molecule has 1 N–H and O–H groups in total. The average Bonchev–Trinajstić information content (AvgIpc) is 2.77. The number of benzene rings is 2. The van der Waals surface area contributed by atoms with Crippen LogP contribution in [0.15, 0.2) is 67.0 Å². The zero-order chi connectivity index (χ0) is 20.1. The van der Waals surface area contributed by atoms with Gasteiger partial charge in [-0.15, -0.1) is 0 Å². The van der Waals surface area contributed by atoms with Crippen molar-refractivity contribution in [3.05, 3.63) is 77.6 Å². The van der Waals surface area contributed by atoms with Crippen molar-refractivity contribution in [3.63, 3.8) is 0 Å². The van der Waals surface area contributed by atoms with Crippen molar-refractivity contribution in [1.82, 2.24) is 15.3 Å². The molecule has 4 rings (SSSR count). The molecule has 5 nitrogen and oxygen atoms in total. The van der Waals surface area contributed by atoms with Crippen molar-refractivity contribution in [2.45, 2.75) is 37.8 Å². The van der Waals surface area contributed by atoms with E-state index in [0.717, 1.165) is 36.8 Å². The topological polar surface area (TPSA) is 64.1 Å². The van der Waals surface area contributed by atoms with Crippen molar-refractivity contribution in [2.75, 3.05) is 0 Å². The highest BCUT2D eigenvalue weighted by Crippen LogP contribution is 2.23. The van der Waals surface area contributed by atoms with Gasteiger partial charge in [0, 0.05) is 11.6 Å². The molecule has 148 valence electrons. The van der Waals surface area contributed by atoms with E-state index >= 15 is 0 Å². The lowest BCUT2D eigenvalue weighted by atomic mass is 9.92. The molecule has 0 bridgehead atoms. The van der Waals surface area contributed by atoms with Crippen LogP contribution in [-0.2, 0) is 0 Å². The average molecular weight is 408 g/mol. The van der Waals surface area contributed by atoms with Crippen LogP contribution < -0.4 is 10.1 Å². The van der Waals surface area contributed by atoms with E-state index in [4.69, 9.17) is 16.3 Å². The maximum absolute atomic E-state index is 12.6. The van der Waals surface area contributed by atoms with E-state index < -0.39 is 0 Å². The van der Waals surface area contributed by atoms with Gasteiger partial charge in [-0.05, 0) is 48.9 Å². The molecule has 1 amide bonds. The standard InChI is InChI=1S/C23H22ClN3O2/c24-19-14-25-23(26-15-19)29-21-12-10-20(11-13-21)27-22(28)18-8-6-17(7-9-18)16-4-2-1-3-5-16/h1-9,14-15,20-21H,10-13H2,(H,27,28). The van der Waals surface area contributed by atoms with Crippen LogP contribution in [0.2, 0.25) is 5.02 Å². The van der Waals surface area contributed by atoms with E-state index in [-0.39, 0.29) is 18.1 Å². The first-order valence-electron chi connectivity index (χ1n) is 9.78.